The molecule has 0 saturated heterocycles. The van der Waals surface area contributed by atoms with Crippen LogP contribution in [0.2, 0.25) is 0 Å². The topological polar surface area (TPSA) is 93.5 Å². The van der Waals surface area contributed by atoms with E-state index in [0.29, 0.717) is 23.5 Å². The molecule has 0 bridgehead atoms. The van der Waals surface area contributed by atoms with Gasteiger partial charge in [0.05, 0.1) is 12.0 Å². The van der Waals surface area contributed by atoms with Crippen LogP contribution >= 0.6 is 0 Å². The van der Waals surface area contributed by atoms with Crippen molar-refractivity contribution in [1.29, 1.82) is 0 Å². The molecule has 0 spiro atoms. The molecule has 1 amide bonds. The van der Waals surface area contributed by atoms with E-state index in [9.17, 15) is 14.9 Å². The number of anilines is 2. The van der Waals surface area contributed by atoms with Crippen LogP contribution < -0.4 is 15.4 Å². The molecule has 3 aromatic rings. The zero-order chi connectivity index (χ0) is 20.8. The number of rotatable bonds is 7. The summed E-state index contributed by atoms with van der Waals surface area (Å²) >= 11 is 0. The Labute approximate surface area is 168 Å². The molecule has 0 aliphatic carbocycles. The van der Waals surface area contributed by atoms with Crippen molar-refractivity contribution in [3.63, 3.8) is 0 Å². The summed E-state index contributed by atoms with van der Waals surface area (Å²) in [6, 6.07) is 19.5. The standard InChI is InChI=1S/C22H21N3O4/c1-15-6-8-17(9-7-15)22(26)24-19-5-3-4-16(12-19)14-23-18-10-11-20(25(27)28)21(13-18)29-2/h3-13,23H,14H2,1-2H3,(H,24,26). The van der Waals surface area contributed by atoms with Gasteiger partial charge in [-0.25, -0.2) is 0 Å². The number of nitro benzene ring substituents is 1. The molecule has 7 nitrogen and oxygen atoms in total. The number of methoxy groups -OCH3 is 1. The first kappa shape index (κ1) is 19.9. The van der Waals surface area contributed by atoms with Crippen molar-refractivity contribution in [3.8, 4) is 5.75 Å². The summed E-state index contributed by atoms with van der Waals surface area (Å²) in [5, 5.41) is 17.1. The quantitative estimate of drug-likeness (QED) is 0.447. The van der Waals surface area contributed by atoms with Gasteiger partial charge in [-0.2, -0.15) is 0 Å². The van der Waals surface area contributed by atoms with E-state index in [4.69, 9.17) is 4.74 Å². The number of nitro groups is 1. The van der Waals surface area contributed by atoms with Crippen molar-refractivity contribution in [2.45, 2.75) is 13.5 Å². The molecular formula is C22H21N3O4. The molecule has 0 fully saturated rings. The lowest BCUT2D eigenvalue weighted by atomic mass is 10.1. The van der Waals surface area contributed by atoms with Crippen LogP contribution in [0.15, 0.2) is 66.7 Å². The SMILES string of the molecule is COc1cc(NCc2cccc(NC(=O)c3ccc(C)cc3)c2)ccc1[N+](=O)[O-]. The molecule has 3 rings (SSSR count). The predicted octanol–water partition coefficient (Wildman–Crippen LogP) is 4.78. The minimum Gasteiger partial charge on any atom is -0.490 e. The van der Waals surface area contributed by atoms with Gasteiger partial charge in [-0.3, -0.25) is 14.9 Å². The maximum Gasteiger partial charge on any atom is 0.311 e. The summed E-state index contributed by atoms with van der Waals surface area (Å²) in [6.45, 7) is 2.45. The number of hydrogen-bond acceptors (Lipinski definition) is 5. The number of nitrogens with zero attached hydrogens (tertiary/aromatic N) is 1. The second kappa shape index (κ2) is 8.88. The zero-order valence-corrected chi connectivity index (χ0v) is 16.1. The largest absolute Gasteiger partial charge is 0.490 e. The van der Waals surface area contributed by atoms with E-state index >= 15 is 0 Å². The highest BCUT2D eigenvalue weighted by Crippen LogP contribution is 2.29. The fourth-order valence-corrected chi connectivity index (χ4v) is 2.81. The van der Waals surface area contributed by atoms with Gasteiger partial charge in [0, 0.05) is 35.6 Å². The summed E-state index contributed by atoms with van der Waals surface area (Å²) in [7, 11) is 1.40. The summed E-state index contributed by atoms with van der Waals surface area (Å²) in [5.41, 5.74) is 3.94. The minimum atomic E-state index is -0.483. The molecule has 0 aliphatic heterocycles. The average molecular weight is 391 g/mol. The Hall–Kier alpha value is -3.87. The van der Waals surface area contributed by atoms with Crippen LogP contribution in [-0.4, -0.2) is 17.9 Å². The Kier molecular flexibility index (Phi) is 6.09. The first-order valence-corrected chi connectivity index (χ1v) is 8.99. The van der Waals surface area contributed by atoms with E-state index in [1.807, 2.05) is 43.3 Å². The number of nitrogens with one attached hydrogen (secondary N) is 2. The van der Waals surface area contributed by atoms with Gasteiger partial charge in [-0.15, -0.1) is 0 Å². The van der Waals surface area contributed by atoms with Crippen molar-refractivity contribution in [2.75, 3.05) is 17.7 Å². The number of carbonyl (C=O) groups excluding carboxylic acids is 1. The molecule has 148 valence electrons. The second-order valence-corrected chi connectivity index (χ2v) is 6.52. The summed E-state index contributed by atoms with van der Waals surface area (Å²) in [5.74, 6) is 0.0225. The maximum absolute atomic E-state index is 12.4. The Morgan fingerprint density at radius 2 is 1.79 bits per heavy atom. The van der Waals surface area contributed by atoms with Gasteiger partial charge in [0.2, 0.25) is 0 Å². The molecule has 2 N–H and O–H groups in total. The Morgan fingerprint density at radius 1 is 1.03 bits per heavy atom. The molecule has 3 aromatic carbocycles. The van der Waals surface area contributed by atoms with Gasteiger partial charge >= 0.3 is 5.69 Å². The van der Waals surface area contributed by atoms with Crippen LogP contribution in [0.3, 0.4) is 0 Å². The monoisotopic (exact) mass is 391 g/mol. The summed E-state index contributed by atoms with van der Waals surface area (Å²) in [6.07, 6.45) is 0. The van der Waals surface area contributed by atoms with Crippen molar-refractivity contribution in [3.05, 3.63) is 93.5 Å². The molecular weight excluding hydrogens is 370 g/mol. The van der Waals surface area contributed by atoms with Gasteiger partial charge in [-0.1, -0.05) is 29.8 Å². The molecule has 0 saturated carbocycles. The number of aryl methyl sites for hydroxylation is 1. The molecule has 0 aromatic heterocycles. The van der Waals surface area contributed by atoms with Gasteiger partial charge in [0.25, 0.3) is 5.91 Å². The minimum absolute atomic E-state index is 0.0844. The first-order valence-electron chi connectivity index (χ1n) is 8.99. The fourth-order valence-electron chi connectivity index (χ4n) is 2.81. The highest BCUT2D eigenvalue weighted by atomic mass is 16.6. The van der Waals surface area contributed by atoms with E-state index in [2.05, 4.69) is 10.6 Å². The summed E-state index contributed by atoms with van der Waals surface area (Å²) in [4.78, 5) is 22.9. The molecule has 0 radical (unpaired) electrons. The Bertz CT molecular complexity index is 1030. The molecule has 7 heteroatoms. The molecule has 0 atom stereocenters. The Morgan fingerprint density at radius 3 is 2.48 bits per heavy atom. The van der Waals surface area contributed by atoms with E-state index in [1.165, 1.54) is 13.2 Å². The number of amides is 1. The van der Waals surface area contributed by atoms with Crippen molar-refractivity contribution >= 4 is 23.0 Å². The van der Waals surface area contributed by atoms with Crippen molar-refractivity contribution in [2.24, 2.45) is 0 Å². The lowest BCUT2D eigenvalue weighted by molar-refractivity contribution is -0.385. The van der Waals surface area contributed by atoms with E-state index in [-0.39, 0.29) is 17.3 Å². The highest BCUT2D eigenvalue weighted by molar-refractivity contribution is 6.04. The van der Waals surface area contributed by atoms with E-state index in [0.717, 1.165) is 11.1 Å². The van der Waals surface area contributed by atoms with Gasteiger partial charge < -0.3 is 15.4 Å². The lowest BCUT2D eigenvalue weighted by Crippen LogP contribution is -2.12. The molecule has 0 aliphatic rings. The average Bonchev–Trinajstić information content (AvgIpc) is 2.72. The third-order valence-electron chi connectivity index (χ3n) is 4.37. The number of ether oxygens (including phenoxy) is 1. The van der Waals surface area contributed by atoms with E-state index < -0.39 is 4.92 Å². The van der Waals surface area contributed by atoms with Crippen LogP contribution in [0.1, 0.15) is 21.5 Å². The molecule has 0 unspecified atom stereocenters. The van der Waals surface area contributed by atoms with Crippen LogP contribution in [-0.2, 0) is 6.54 Å². The van der Waals surface area contributed by atoms with Crippen LogP contribution in [0.25, 0.3) is 0 Å². The van der Waals surface area contributed by atoms with Gasteiger partial charge in [-0.05, 0) is 42.8 Å². The normalized spacial score (nSPS) is 10.3. The predicted molar refractivity (Wildman–Crippen MR) is 113 cm³/mol. The van der Waals surface area contributed by atoms with Crippen LogP contribution in [0, 0.1) is 17.0 Å². The molecule has 29 heavy (non-hydrogen) atoms. The van der Waals surface area contributed by atoms with E-state index in [1.54, 1.807) is 24.3 Å². The van der Waals surface area contributed by atoms with Crippen LogP contribution in [0.5, 0.6) is 5.75 Å². The van der Waals surface area contributed by atoms with Crippen molar-refractivity contribution in [1.82, 2.24) is 0 Å². The fraction of sp³-hybridized carbons (Fsp3) is 0.136. The first-order chi connectivity index (χ1) is 14.0. The highest BCUT2D eigenvalue weighted by Gasteiger charge is 2.14. The van der Waals surface area contributed by atoms with Gasteiger partial charge in [0.1, 0.15) is 0 Å². The lowest BCUT2D eigenvalue weighted by Gasteiger charge is -2.11. The van der Waals surface area contributed by atoms with Gasteiger partial charge in [0.15, 0.2) is 5.75 Å². The number of hydrogen-bond donors (Lipinski definition) is 2. The number of benzene rings is 3. The van der Waals surface area contributed by atoms with Crippen LogP contribution in [0.4, 0.5) is 17.1 Å². The van der Waals surface area contributed by atoms with Crippen molar-refractivity contribution < 1.29 is 14.5 Å². The Balaban J connectivity index is 1.66. The third-order valence-corrected chi connectivity index (χ3v) is 4.37. The number of carbonyl (C=O) groups is 1. The zero-order valence-electron chi connectivity index (χ0n) is 16.1. The molecule has 0 heterocycles. The summed E-state index contributed by atoms with van der Waals surface area (Å²) < 4.78 is 5.08. The maximum atomic E-state index is 12.4. The third kappa shape index (κ3) is 5.10. The second-order valence-electron chi connectivity index (χ2n) is 6.52. The smallest absolute Gasteiger partial charge is 0.311 e.